The van der Waals surface area contributed by atoms with Crippen LogP contribution in [0, 0.1) is 5.82 Å². The van der Waals surface area contributed by atoms with Crippen LogP contribution in [0.15, 0.2) is 61.1 Å². The first-order chi connectivity index (χ1) is 14.2. The Balaban J connectivity index is 1.75. The van der Waals surface area contributed by atoms with Gasteiger partial charge < -0.3 is 9.47 Å². The third-order valence-electron chi connectivity index (χ3n) is 4.01. The van der Waals surface area contributed by atoms with Gasteiger partial charge in [0.05, 0.1) is 5.69 Å². The minimum absolute atomic E-state index is 0.169. The maximum absolute atomic E-state index is 13.4. The summed E-state index contributed by atoms with van der Waals surface area (Å²) in [5.41, 5.74) is 2.43. The van der Waals surface area contributed by atoms with Crippen molar-refractivity contribution in [3.63, 3.8) is 0 Å². The molecule has 29 heavy (non-hydrogen) atoms. The molecule has 3 heterocycles. The zero-order valence-electron chi connectivity index (χ0n) is 15.6. The Bertz CT molecular complexity index is 1090. The summed E-state index contributed by atoms with van der Waals surface area (Å²) < 4.78 is 26.2. The Morgan fingerprint density at radius 2 is 1.79 bits per heavy atom. The van der Waals surface area contributed by atoms with Crippen molar-refractivity contribution in [3.05, 3.63) is 66.9 Å². The molecule has 0 amide bonds. The zero-order chi connectivity index (χ0) is 20.1. The van der Waals surface area contributed by atoms with E-state index in [1.54, 1.807) is 53.6 Å². The summed E-state index contributed by atoms with van der Waals surface area (Å²) in [7, 11) is 0. The summed E-state index contributed by atoms with van der Waals surface area (Å²) in [6.45, 7) is 2.61. The van der Waals surface area contributed by atoms with Gasteiger partial charge in [-0.05, 0) is 49.4 Å². The van der Waals surface area contributed by atoms with E-state index in [0.717, 1.165) is 0 Å². The Labute approximate surface area is 166 Å². The van der Waals surface area contributed by atoms with Gasteiger partial charge >= 0.3 is 6.01 Å². The topological polar surface area (TPSA) is 87.8 Å². The highest BCUT2D eigenvalue weighted by molar-refractivity contribution is 5.76. The number of halogens is 1. The normalized spacial score (nSPS) is 10.8. The summed E-state index contributed by atoms with van der Waals surface area (Å²) in [5, 5.41) is 8.44. The molecule has 0 radical (unpaired) electrons. The smallest absolute Gasteiger partial charge is 0.322 e. The number of pyridine rings is 1. The molecule has 0 saturated heterocycles. The summed E-state index contributed by atoms with van der Waals surface area (Å²) in [4.78, 5) is 12.6. The fourth-order valence-electron chi connectivity index (χ4n) is 2.67. The molecule has 0 spiro atoms. The van der Waals surface area contributed by atoms with Gasteiger partial charge in [0.1, 0.15) is 29.7 Å². The average molecular weight is 392 g/mol. The lowest BCUT2D eigenvalue weighted by Crippen LogP contribution is -2.07. The molecular formula is C20H17FN6O2. The molecule has 0 atom stereocenters. The van der Waals surface area contributed by atoms with Crippen molar-refractivity contribution < 1.29 is 13.9 Å². The van der Waals surface area contributed by atoms with Gasteiger partial charge in [-0.2, -0.15) is 4.98 Å². The van der Waals surface area contributed by atoms with Crippen LogP contribution in [0.3, 0.4) is 0 Å². The number of rotatable bonds is 7. The van der Waals surface area contributed by atoms with Gasteiger partial charge in [0.15, 0.2) is 0 Å². The van der Waals surface area contributed by atoms with Crippen molar-refractivity contribution in [1.29, 1.82) is 0 Å². The van der Waals surface area contributed by atoms with Gasteiger partial charge in [-0.1, -0.05) is 5.21 Å². The van der Waals surface area contributed by atoms with Crippen molar-refractivity contribution >= 4 is 0 Å². The van der Waals surface area contributed by atoms with Crippen LogP contribution in [0.5, 0.6) is 11.8 Å². The Kier molecular flexibility index (Phi) is 5.48. The fraction of sp³-hybridized carbons (Fsp3) is 0.150. The van der Waals surface area contributed by atoms with Gasteiger partial charge in [0.25, 0.3) is 0 Å². The van der Waals surface area contributed by atoms with Gasteiger partial charge in [0, 0.05) is 30.8 Å². The first-order valence-corrected chi connectivity index (χ1v) is 8.93. The van der Waals surface area contributed by atoms with Crippen LogP contribution in [-0.4, -0.2) is 36.6 Å². The molecule has 0 aliphatic rings. The molecule has 0 saturated carbocycles. The van der Waals surface area contributed by atoms with E-state index in [9.17, 15) is 4.39 Å². The molecule has 4 rings (SSSR count). The molecule has 0 aliphatic heterocycles. The Morgan fingerprint density at radius 1 is 1.00 bits per heavy atom. The predicted molar refractivity (Wildman–Crippen MR) is 102 cm³/mol. The maximum Gasteiger partial charge on any atom is 0.322 e. The highest BCUT2D eigenvalue weighted by atomic mass is 19.1. The fourth-order valence-corrected chi connectivity index (χ4v) is 2.67. The molecule has 0 fully saturated rings. The maximum atomic E-state index is 13.4. The van der Waals surface area contributed by atoms with Gasteiger partial charge in [-0.15, -0.1) is 5.10 Å². The number of ether oxygens (including phenoxy) is 2. The van der Waals surface area contributed by atoms with Crippen molar-refractivity contribution in [2.24, 2.45) is 0 Å². The van der Waals surface area contributed by atoms with Crippen molar-refractivity contribution in [3.8, 4) is 34.4 Å². The molecule has 8 nitrogen and oxygen atoms in total. The highest BCUT2D eigenvalue weighted by Gasteiger charge is 2.19. The van der Waals surface area contributed by atoms with Gasteiger partial charge in [-0.25, -0.2) is 14.1 Å². The molecule has 9 heteroatoms. The van der Waals surface area contributed by atoms with Crippen LogP contribution >= 0.6 is 0 Å². The van der Waals surface area contributed by atoms with E-state index in [0.29, 0.717) is 35.0 Å². The van der Waals surface area contributed by atoms with Crippen LogP contribution in [0.2, 0.25) is 0 Å². The lowest BCUT2D eigenvalue weighted by Gasteiger charge is -2.09. The summed E-state index contributed by atoms with van der Waals surface area (Å²) >= 11 is 0. The second-order valence-electron chi connectivity index (χ2n) is 5.92. The second-order valence-corrected chi connectivity index (χ2v) is 5.92. The highest BCUT2D eigenvalue weighted by Crippen LogP contribution is 2.30. The third kappa shape index (κ3) is 4.25. The van der Waals surface area contributed by atoms with E-state index in [2.05, 4.69) is 25.3 Å². The Hall–Kier alpha value is -3.72. The van der Waals surface area contributed by atoms with Crippen LogP contribution in [0.1, 0.15) is 6.92 Å². The molecule has 0 bridgehead atoms. The van der Waals surface area contributed by atoms with E-state index in [-0.39, 0.29) is 18.6 Å². The van der Waals surface area contributed by atoms with E-state index in [1.165, 1.54) is 12.1 Å². The number of benzene rings is 1. The molecule has 0 unspecified atom stereocenters. The molecule has 3 aromatic heterocycles. The molecule has 1 aromatic carbocycles. The zero-order valence-corrected chi connectivity index (χ0v) is 15.6. The van der Waals surface area contributed by atoms with Crippen LogP contribution in [0.4, 0.5) is 4.39 Å². The average Bonchev–Trinajstić information content (AvgIpc) is 3.17. The molecule has 0 aliphatic carbocycles. The van der Waals surface area contributed by atoms with Gasteiger partial charge in [-0.3, -0.25) is 4.98 Å². The first kappa shape index (κ1) is 18.6. The quantitative estimate of drug-likeness (QED) is 0.474. The van der Waals surface area contributed by atoms with Crippen molar-refractivity contribution in [1.82, 2.24) is 29.9 Å². The summed E-state index contributed by atoms with van der Waals surface area (Å²) in [6.07, 6.45) is 4.82. The second kappa shape index (κ2) is 8.53. The minimum Gasteiger partial charge on any atom is -0.424 e. The molecule has 146 valence electrons. The number of hydrogen-bond donors (Lipinski definition) is 0. The monoisotopic (exact) mass is 392 g/mol. The van der Waals surface area contributed by atoms with E-state index < -0.39 is 0 Å². The third-order valence-corrected chi connectivity index (χ3v) is 4.01. The van der Waals surface area contributed by atoms with E-state index in [4.69, 9.17) is 9.47 Å². The molecular weight excluding hydrogens is 375 g/mol. The van der Waals surface area contributed by atoms with Crippen LogP contribution < -0.4 is 4.74 Å². The largest absolute Gasteiger partial charge is 0.424 e. The first-order valence-electron chi connectivity index (χ1n) is 8.93. The molecule has 4 aromatic rings. The van der Waals surface area contributed by atoms with Crippen molar-refractivity contribution in [2.45, 2.75) is 13.7 Å². The number of aromatic nitrogens is 6. The minimum atomic E-state index is -0.327. The van der Waals surface area contributed by atoms with Crippen LogP contribution in [-0.2, 0) is 11.5 Å². The van der Waals surface area contributed by atoms with Gasteiger partial charge in [0.2, 0.25) is 0 Å². The SMILES string of the molecule is CCOCn1nnc(-c2ccc(F)cc2)c1-c1ccnc(Oc2ccncc2)n1. The summed E-state index contributed by atoms with van der Waals surface area (Å²) in [6, 6.07) is 11.3. The standard InChI is InChI=1S/C20H17FN6O2/c1-2-28-13-27-19(18(25-26-27)14-3-5-15(21)6-4-14)17-9-12-23-20(24-17)29-16-7-10-22-11-8-16/h3-12H,2,13H2,1H3. The predicted octanol–water partition coefficient (Wildman–Crippen LogP) is 3.72. The van der Waals surface area contributed by atoms with Crippen LogP contribution in [0.25, 0.3) is 22.6 Å². The molecule has 0 N–H and O–H groups in total. The Morgan fingerprint density at radius 3 is 2.55 bits per heavy atom. The van der Waals surface area contributed by atoms with Crippen molar-refractivity contribution in [2.75, 3.05) is 6.61 Å². The van der Waals surface area contributed by atoms with E-state index >= 15 is 0 Å². The number of hydrogen-bond acceptors (Lipinski definition) is 7. The van der Waals surface area contributed by atoms with E-state index in [1.807, 2.05) is 6.92 Å². The number of nitrogens with zero attached hydrogens (tertiary/aromatic N) is 6. The lowest BCUT2D eigenvalue weighted by atomic mass is 10.1. The lowest BCUT2D eigenvalue weighted by molar-refractivity contribution is 0.0790. The summed E-state index contributed by atoms with van der Waals surface area (Å²) in [5.74, 6) is 0.240.